The molecule has 0 bridgehead atoms. The normalized spacial score (nSPS) is 34.7. The van der Waals surface area contributed by atoms with E-state index in [1.807, 2.05) is 0 Å². The van der Waals surface area contributed by atoms with Crippen LogP contribution in [0, 0.1) is 11.8 Å². The maximum atomic E-state index is 3.79. The van der Waals surface area contributed by atoms with Gasteiger partial charge in [0, 0.05) is 12.1 Å². The van der Waals surface area contributed by atoms with Crippen molar-refractivity contribution in [1.29, 1.82) is 0 Å². The highest BCUT2D eigenvalue weighted by Crippen LogP contribution is 2.27. The maximum absolute atomic E-state index is 3.79. The zero-order valence-corrected chi connectivity index (χ0v) is 14.0. The van der Waals surface area contributed by atoms with Crippen LogP contribution in [0.4, 0.5) is 0 Å². The van der Waals surface area contributed by atoms with Gasteiger partial charge in [-0.15, -0.1) is 0 Å². The molecule has 0 heterocycles. The molecule has 0 spiro atoms. The molecule has 4 atom stereocenters. The van der Waals surface area contributed by atoms with Gasteiger partial charge in [0.25, 0.3) is 0 Å². The molecule has 3 aliphatic carbocycles. The van der Waals surface area contributed by atoms with Gasteiger partial charge >= 0.3 is 0 Å². The maximum Gasteiger partial charge on any atom is 0.0290 e. The zero-order chi connectivity index (χ0) is 15.2. The minimum atomic E-state index is 0.552. The highest BCUT2D eigenvalue weighted by molar-refractivity contribution is 5.25. The minimum Gasteiger partial charge on any atom is -0.307 e. The molecule has 0 aromatic heterocycles. The van der Waals surface area contributed by atoms with Crippen LogP contribution >= 0.6 is 0 Å². The highest BCUT2D eigenvalue weighted by atomic mass is 14.9. The van der Waals surface area contributed by atoms with Gasteiger partial charge in [-0.05, 0) is 63.2 Å². The molecule has 1 nitrogen and oxygen atoms in total. The minimum absolute atomic E-state index is 0.552. The average Bonchev–Trinajstić information content (AvgIpc) is 2.57. The summed E-state index contributed by atoms with van der Waals surface area (Å²) in [4.78, 5) is 0. The predicted molar refractivity (Wildman–Crippen MR) is 95.8 cm³/mol. The van der Waals surface area contributed by atoms with Gasteiger partial charge in [-0.25, -0.2) is 0 Å². The summed E-state index contributed by atoms with van der Waals surface area (Å²) < 4.78 is 0. The average molecular weight is 297 g/mol. The molecule has 0 aromatic carbocycles. The summed E-state index contributed by atoms with van der Waals surface area (Å²) in [6, 6.07) is 1.24. The van der Waals surface area contributed by atoms with Crippen molar-refractivity contribution in [3.05, 3.63) is 48.1 Å². The summed E-state index contributed by atoms with van der Waals surface area (Å²) in [5.74, 6) is 1.61. The van der Waals surface area contributed by atoms with Crippen LogP contribution in [0.1, 0.15) is 58.3 Å². The van der Waals surface area contributed by atoms with Crippen LogP contribution < -0.4 is 5.32 Å². The van der Waals surface area contributed by atoms with E-state index in [1.54, 1.807) is 5.57 Å². The lowest BCUT2D eigenvalue weighted by atomic mass is 9.85. The Morgan fingerprint density at radius 1 is 1.05 bits per heavy atom. The van der Waals surface area contributed by atoms with Gasteiger partial charge in [-0.3, -0.25) is 0 Å². The van der Waals surface area contributed by atoms with E-state index in [-0.39, 0.29) is 0 Å². The van der Waals surface area contributed by atoms with Crippen molar-refractivity contribution in [2.45, 2.75) is 70.4 Å². The zero-order valence-electron chi connectivity index (χ0n) is 14.0. The van der Waals surface area contributed by atoms with E-state index in [9.17, 15) is 0 Å². The Kier molecular flexibility index (Phi) is 5.72. The molecule has 4 unspecified atom stereocenters. The Morgan fingerprint density at radius 3 is 2.68 bits per heavy atom. The summed E-state index contributed by atoms with van der Waals surface area (Å²) in [6.45, 7) is 2.33. The Balaban J connectivity index is 1.39. The summed E-state index contributed by atoms with van der Waals surface area (Å²) >= 11 is 0. The van der Waals surface area contributed by atoms with Crippen LogP contribution in [-0.2, 0) is 0 Å². The topological polar surface area (TPSA) is 12.0 Å². The lowest BCUT2D eigenvalue weighted by Gasteiger charge is -2.26. The molecule has 0 aliphatic heterocycles. The molecule has 3 aliphatic rings. The largest absolute Gasteiger partial charge is 0.307 e. The second-order valence-corrected chi connectivity index (χ2v) is 7.37. The highest BCUT2D eigenvalue weighted by Gasteiger charge is 2.16. The first-order valence-corrected chi connectivity index (χ1v) is 9.26. The summed E-state index contributed by atoms with van der Waals surface area (Å²) in [6.07, 6.45) is 27.0. The molecular formula is C21H31N. The van der Waals surface area contributed by atoms with Gasteiger partial charge in [-0.2, -0.15) is 0 Å². The first-order valence-electron chi connectivity index (χ1n) is 9.26. The second kappa shape index (κ2) is 7.97. The molecule has 0 fully saturated rings. The predicted octanol–water partition coefficient (Wildman–Crippen LogP) is 5.32. The number of hydrogen-bond acceptors (Lipinski definition) is 1. The third kappa shape index (κ3) is 4.71. The Labute approximate surface area is 136 Å². The molecule has 0 saturated heterocycles. The molecular weight excluding hydrogens is 266 g/mol. The van der Waals surface area contributed by atoms with E-state index >= 15 is 0 Å². The number of hydrogen-bond donors (Lipinski definition) is 1. The van der Waals surface area contributed by atoms with E-state index in [0.717, 1.165) is 11.8 Å². The first kappa shape index (κ1) is 15.8. The fraction of sp³-hybridized carbons (Fsp3) is 0.619. The third-order valence-corrected chi connectivity index (χ3v) is 5.40. The van der Waals surface area contributed by atoms with Crippen LogP contribution in [-0.4, -0.2) is 12.1 Å². The number of allylic oxidation sites excluding steroid dienone is 5. The fourth-order valence-corrected chi connectivity index (χ4v) is 3.83. The lowest BCUT2D eigenvalue weighted by molar-refractivity contribution is 0.436. The fourth-order valence-electron chi connectivity index (χ4n) is 3.83. The Bertz CT molecular complexity index is 468. The van der Waals surface area contributed by atoms with Gasteiger partial charge in [0.2, 0.25) is 0 Å². The van der Waals surface area contributed by atoms with Gasteiger partial charge in [0.1, 0.15) is 0 Å². The van der Waals surface area contributed by atoms with Gasteiger partial charge < -0.3 is 5.32 Å². The van der Waals surface area contributed by atoms with Gasteiger partial charge in [0.05, 0.1) is 0 Å². The molecule has 0 saturated carbocycles. The molecule has 0 aromatic rings. The molecule has 0 radical (unpaired) electrons. The first-order chi connectivity index (χ1) is 10.8. The smallest absolute Gasteiger partial charge is 0.0290 e. The summed E-state index contributed by atoms with van der Waals surface area (Å²) in [5.41, 5.74) is 1.55. The number of nitrogens with one attached hydrogen (secondary N) is 1. The van der Waals surface area contributed by atoms with Crippen molar-refractivity contribution in [1.82, 2.24) is 5.32 Å². The van der Waals surface area contributed by atoms with Crippen molar-refractivity contribution < 1.29 is 0 Å². The molecule has 22 heavy (non-hydrogen) atoms. The van der Waals surface area contributed by atoms with Crippen molar-refractivity contribution in [2.24, 2.45) is 11.8 Å². The van der Waals surface area contributed by atoms with Crippen molar-refractivity contribution in [3.8, 4) is 0 Å². The quantitative estimate of drug-likeness (QED) is 0.677. The molecule has 1 N–H and O–H groups in total. The SMILES string of the molecule is CC1C=CC(CCC2=CCC(NC3CC=CCC3)C=C2)CC1. The molecule has 0 amide bonds. The molecule has 120 valence electrons. The second-order valence-electron chi connectivity index (χ2n) is 7.37. The van der Waals surface area contributed by atoms with Crippen molar-refractivity contribution in [2.75, 3.05) is 0 Å². The van der Waals surface area contributed by atoms with Crippen LogP contribution in [0.3, 0.4) is 0 Å². The van der Waals surface area contributed by atoms with E-state index < -0.39 is 0 Å². The van der Waals surface area contributed by atoms with E-state index in [2.05, 4.69) is 54.8 Å². The van der Waals surface area contributed by atoms with E-state index in [0.29, 0.717) is 12.1 Å². The van der Waals surface area contributed by atoms with E-state index in [4.69, 9.17) is 0 Å². The standard InChI is InChI=1S/C21H31N/c1-17-7-9-18(10-8-17)11-12-19-13-15-21(16-14-19)22-20-5-3-2-4-6-20/h2-3,7,9,13-15,17-18,20-22H,4-6,8,10-12,16H2,1H3. The molecule has 3 rings (SSSR count). The van der Waals surface area contributed by atoms with Gasteiger partial charge in [-0.1, -0.05) is 55.0 Å². The molecule has 1 heteroatoms. The third-order valence-electron chi connectivity index (χ3n) is 5.40. The van der Waals surface area contributed by atoms with Crippen molar-refractivity contribution >= 4 is 0 Å². The summed E-state index contributed by atoms with van der Waals surface area (Å²) in [7, 11) is 0. The lowest BCUT2D eigenvalue weighted by Crippen LogP contribution is -2.38. The summed E-state index contributed by atoms with van der Waals surface area (Å²) in [5, 5.41) is 3.79. The van der Waals surface area contributed by atoms with Crippen LogP contribution in [0.5, 0.6) is 0 Å². The van der Waals surface area contributed by atoms with E-state index in [1.165, 1.54) is 51.4 Å². The van der Waals surface area contributed by atoms with Crippen molar-refractivity contribution in [3.63, 3.8) is 0 Å². The Hall–Kier alpha value is -1.08. The van der Waals surface area contributed by atoms with Crippen LogP contribution in [0.2, 0.25) is 0 Å². The number of rotatable bonds is 5. The monoisotopic (exact) mass is 297 g/mol. The van der Waals surface area contributed by atoms with Crippen LogP contribution in [0.15, 0.2) is 48.1 Å². The Morgan fingerprint density at radius 2 is 2.00 bits per heavy atom. The van der Waals surface area contributed by atoms with Gasteiger partial charge in [0.15, 0.2) is 0 Å². The van der Waals surface area contributed by atoms with Crippen LogP contribution in [0.25, 0.3) is 0 Å².